The van der Waals surface area contributed by atoms with Crippen LogP contribution in [0.1, 0.15) is 52.0 Å². The topological polar surface area (TPSA) is 3.24 Å². The molecule has 1 aromatic carbocycles. The van der Waals surface area contributed by atoms with Crippen molar-refractivity contribution in [2.75, 3.05) is 13.1 Å². The zero-order valence-electron chi connectivity index (χ0n) is 11.8. The fourth-order valence-electron chi connectivity index (χ4n) is 2.47. The lowest BCUT2D eigenvalue weighted by atomic mass is 9.89. The highest BCUT2D eigenvalue weighted by Crippen LogP contribution is 2.28. The number of hydrogen-bond donors (Lipinski definition) is 0. The summed E-state index contributed by atoms with van der Waals surface area (Å²) in [7, 11) is 0. The maximum absolute atomic E-state index is 2.58. The molecule has 1 aliphatic heterocycles. The SMILES string of the molecule is CC.CC(C)N1CCC(c2ccccc2)CC1. The highest BCUT2D eigenvalue weighted by molar-refractivity contribution is 5.20. The van der Waals surface area contributed by atoms with Crippen molar-refractivity contribution in [3.05, 3.63) is 35.9 Å². The molecule has 1 heteroatoms. The summed E-state index contributed by atoms with van der Waals surface area (Å²) in [5.41, 5.74) is 1.53. The molecular weight excluding hydrogens is 206 g/mol. The zero-order valence-corrected chi connectivity index (χ0v) is 11.8. The van der Waals surface area contributed by atoms with E-state index in [-0.39, 0.29) is 0 Å². The first-order valence-electron chi connectivity index (χ1n) is 7.06. The van der Waals surface area contributed by atoms with E-state index in [1.165, 1.54) is 31.5 Å². The highest BCUT2D eigenvalue weighted by Gasteiger charge is 2.21. The highest BCUT2D eigenvalue weighted by atomic mass is 15.1. The molecule has 1 fully saturated rings. The van der Waals surface area contributed by atoms with Crippen LogP contribution in [0.5, 0.6) is 0 Å². The molecule has 0 radical (unpaired) electrons. The Balaban J connectivity index is 0.000000686. The summed E-state index contributed by atoms with van der Waals surface area (Å²) in [5, 5.41) is 0. The van der Waals surface area contributed by atoms with Gasteiger partial charge in [-0.05, 0) is 51.3 Å². The molecule has 17 heavy (non-hydrogen) atoms. The maximum Gasteiger partial charge on any atom is 0.00385 e. The van der Waals surface area contributed by atoms with E-state index in [9.17, 15) is 0 Å². The van der Waals surface area contributed by atoms with Gasteiger partial charge in [0.05, 0.1) is 0 Å². The van der Waals surface area contributed by atoms with Crippen LogP contribution < -0.4 is 0 Å². The van der Waals surface area contributed by atoms with Gasteiger partial charge < -0.3 is 4.90 Å². The van der Waals surface area contributed by atoms with E-state index in [2.05, 4.69) is 49.1 Å². The minimum Gasteiger partial charge on any atom is -0.301 e. The third-order valence-electron chi connectivity index (χ3n) is 3.53. The molecule has 0 amide bonds. The minimum absolute atomic E-state index is 0.710. The Labute approximate surface area is 107 Å². The molecule has 0 saturated carbocycles. The number of rotatable bonds is 2. The van der Waals surface area contributed by atoms with E-state index in [1.54, 1.807) is 0 Å². The number of benzene rings is 1. The number of nitrogens with zero attached hydrogens (tertiary/aromatic N) is 1. The maximum atomic E-state index is 2.58. The Morgan fingerprint density at radius 3 is 2.00 bits per heavy atom. The second-order valence-electron chi connectivity index (χ2n) is 4.81. The third-order valence-corrected chi connectivity index (χ3v) is 3.53. The first kappa shape index (κ1) is 14.2. The smallest absolute Gasteiger partial charge is 0.00385 e. The Kier molecular flexibility index (Phi) is 6.28. The molecule has 96 valence electrons. The van der Waals surface area contributed by atoms with E-state index in [4.69, 9.17) is 0 Å². The van der Waals surface area contributed by atoms with Gasteiger partial charge in [0.2, 0.25) is 0 Å². The summed E-state index contributed by atoms with van der Waals surface area (Å²) in [4.78, 5) is 2.58. The molecule has 0 aliphatic carbocycles. The van der Waals surface area contributed by atoms with Crippen molar-refractivity contribution < 1.29 is 0 Å². The van der Waals surface area contributed by atoms with E-state index in [1.807, 2.05) is 13.8 Å². The lowest BCUT2D eigenvalue weighted by Gasteiger charge is -2.34. The van der Waals surface area contributed by atoms with Crippen molar-refractivity contribution in [3.63, 3.8) is 0 Å². The van der Waals surface area contributed by atoms with Gasteiger partial charge in [-0.25, -0.2) is 0 Å². The molecule has 0 N–H and O–H groups in total. The van der Waals surface area contributed by atoms with E-state index in [0.717, 1.165) is 5.92 Å². The Morgan fingerprint density at radius 1 is 1.00 bits per heavy atom. The van der Waals surface area contributed by atoms with Crippen LogP contribution in [0.25, 0.3) is 0 Å². The summed E-state index contributed by atoms with van der Waals surface area (Å²) >= 11 is 0. The van der Waals surface area contributed by atoms with Crippen LogP contribution in [0.15, 0.2) is 30.3 Å². The summed E-state index contributed by atoms with van der Waals surface area (Å²) in [6.45, 7) is 11.1. The molecular formula is C16H27N. The molecule has 1 heterocycles. The molecule has 0 spiro atoms. The summed E-state index contributed by atoms with van der Waals surface area (Å²) in [6, 6.07) is 11.7. The standard InChI is InChI=1S/C14H21N.C2H6/c1-12(2)15-10-8-14(9-11-15)13-6-4-3-5-7-13;1-2/h3-7,12,14H,8-11H2,1-2H3;1-2H3. The second-order valence-corrected chi connectivity index (χ2v) is 4.81. The number of hydrogen-bond acceptors (Lipinski definition) is 1. The first-order valence-corrected chi connectivity index (χ1v) is 7.06. The zero-order chi connectivity index (χ0) is 12.7. The van der Waals surface area contributed by atoms with Crippen molar-refractivity contribution in [1.82, 2.24) is 4.90 Å². The van der Waals surface area contributed by atoms with Crippen LogP contribution in [0.4, 0.5) is 0 Å². The molecule has 1 aromatic rings. The summed E-state index contributed by atoms with van der Waals surface area (Å²) < 4.78 is 0. The van der Waals surface area contributed by atoms with Crippen LogP contribution in [-0.4, -0.2) is 24.0 Å². The summed E-state index contributed by atoms with van der Waals surface area (Å²) in [6.07, 6.45) is 2.64. The molecule has 0 bridgehead atoms. The normalized spacial score (nSPS) is 17.7. The number of likely N-dealkylation sites (tertiary alicyclic amines) is 1. The Bertz CT molecular complexity index is 284. The van der Waals surface area contributed by atoms with Crippen molar-refractivity contribution in [1.29, 1.82) is 0 Å². The van der Waals surface area contributed by atoms with Gasteiger partial charge in [0.15, 0.2) is 0 Å². The molecule has 0 atom stereocenters. The van der Waals surface area contributed by atoms with Crippen LogP contribution >= 0.6 is 0 Å². The van der Waals surface area contributed by atoms with Crippen molar-refractivity contribution in [3.8, 4) is 0 Å². The Morgan fingerprint density at radius 2 is 1.53 bits per heavy atom. The summed E-state index contributed by atoms with van der Waals surface area (Å²) in [5.74, 6) is 0.793. The fourth-order valence-corrected chi connectivity index (χ4v) is 2.47. The fraction of sp³-hybridized carbons (Fsp3) is 0.625. The van der Waals surface area contributed by atoms with Gasteiger partial charge >= 0.3 is 0 Å². The first-order chi connectivity index (χ1) is 8.27. The minimum atomic E-state index is 0.710. The van der Waals surface area contributed by atoms with Gasteiger partial charge in [-0.3, -0.25) is 0 Å². The monoisotopic (exact) mass is 233 g/mol. The molecule has 2 rings (SSSR count). The van der Waals surface area contributed by atoms with Gasteiger partial charge in [0, 0.05) is 6.04 Å². The lowest BCUT2D eigenvalue weighted by molar-refractivity contribution is 0.172. The average molecular weight is 233 g/mol. The van der Waals surface area contributed by atoms with Crippen molar-refractivity contribution in [2.24, 2.45) is 0 Å². The predicted octanol–water partition coefficient (Wildman–Crippen LogP) is 4.30. The van der Waals surface area contributed by atoms with Gasteiger partial charge in [-0.1, -0.05) is 44.2 Å². The quantitative estimate of drug-likeness (QED) is 0.736. The van der Waals surface area contributed by atoms with Gasteiger partial charge in [-0.2, -0.15) is 0 Å². The van der Waals surface area contributed by atoms with E-state index in [0.29, 0.717) is 6.04 Å². The van der Waals surface area contributed by atoms with Gasteiger partial charge in [-0.15, -0.1) is 0 Å². The predicted molar refractivity (Wildman–Crippen MR) is 76.5 cm³/mol. The van der Waals surface area contributed by atoms with Crippen LogP contribution in [-0.2, 0) is 0 Å². The molecule has 0 unspecified atom stereocenters. The van der Waals surface area contributed by atoms with Crippen molar-refractivity contribution in [2.45, 2.75) is 52.5 Å². The van der Waals surface area contributed by atoms with Crippen molar-refractivity contribution >= 4 is 0 Å². The van der Waals surface area contributed by atoms with Gasteiger partial charge in [0.25, 0.3) is 0 Å². The van der Waals surface area contributed by atoms with Crippen LogP contribution in [0.2, 0.25) is 0 Å². The average Bonchev–Trinajstić information content (AvgIpc) is 2.42. The van der Waals surface area contributed by atoms with E-state index < -0.39 is 0 Å². The molecule has 1 aliphatic rings. The lowest BCUT2D eigenvalue weighted by Crippen LogP contribution is -2.37. The van der Waals surface area contributed by atoms with E-state index >= 15 is 0 Å². The molecule has 0 aromatic heterocycles. The molecule has 1 saturated heterocycles. The molecule has 1 nitrogen and oxygen atoms in total. The van der Waals surface area contributed by atoms with Gasteiger partial charge in [0.1, 0.15) is 0 Å². The van der Waals surface area contributed by atoms with Crippen LogP contribution in [0, 0.1) is 0 Å². The Hall–Kier alpha value is -0.820. The van der Waals surface area contributed by atoms with Crippen LogP contribution in [0.3, 0.4) is 0 Å². The largest absolute Gasteiger partial charge is 0.301 e. The number of piperidine rings is 1. The third kappa shape index (κ3) is 4.16. The second kappa shape index (κ2) is 7.50.